The summed E-state index contributed by atoms with van der Waals surface area (Å²) in [7, 11) is 0. The third kappa shape index (κ3) is 3.32. The number of fused-ring (bicyclic) bond motifs is 4. The van der Waals surface area contributed by atoms with Crippen molar-refractivity contribution in [2.24, 2.45) is 0 Å². The van der Waals surface area contributed by atoms with Gasteiger partial charge in [0.05, 0.1) is 11.0 Å². The normalized spacial score (nSPS) is 11.6. The number of oxazole rings is 1. The second-order valence-electron chi connectivity index (χ2n) is 8.62. The molecule has 0 aliphatic heterocycles. The molecule has 35 heavy (non-hydrogen) atoms. The summed E-state index contributed by atoms with van der Waals surface area (Å²) in [6.07, 6.45) is 0. The van der Waals surface area contributed by atoms with Crippen molar-refractivity contribution in [1.29, 1.82) is 0 Å². The molecule has 7 rings (SSSR count). The molecule has 5 aromatic carbocycles. The van der Waals surface area contributed by atoms with Gasteiger partial charge in [-0.05, 0) is 65.7 Å². The number of aromatic nitrogens is 2. The number of rotatable bonds is 3. The van der Waals surface area contributed by atoms with Crippen LogP contribution in [0.25, 0.3) is 61.2 Å². The number of hydrogen-bond acceptors (Lipinski definition) is 2. The van der Waals surface area contributed by atoms with Crippen LogP contribution in [0.15, 0.2) is 120 Å². The Hall–Kier alpha value is -4.34. The molecular formula is C31H19ClN2O. The van der Waals surface area contributed by atoms with Crippen molar-refractivity contribution < 1.29 is 4.42 Å². The van der Waals surface area contributed by atoms with Crippen molar-refractivity contribution in [2.45, 2.75) is 0 Å². The van der Waals surface area contributed by atoms with Crippen molar-refractivity contribution in [3.05, 3.63) is 120 Å². The highest BCUT2D eigenvalue weighted by molar-refractivity contribution is 6.31. The molecule has 2 heterocycles. The zero-order chi connectivity index (χ0) is 23.4. The molecule has 2 aromatic heterocycles. The van der Waals surface area contributed by atoms with Gasteiger partial charge in [0, 0.05) is 27.0 Å². The molecule has 3 nitrogen and oxygen atoms in total. The van der Waals surface area contributed by atoms with Crippen molar-refractivity contribution >= 4 is 44.5 Å². The average molecular weight is 471 g/mol. The first-order valence-electron chi connectivity index (χ1n) is 11.5. The highest BCUT2D eigenvalue weighted by Crippen LogP contribution is 2.33. The molecule has 0 saturated heterocycles. The van der Waals surface area contributed by atoms with Gasteiger partial charge in [-0.3, -0.25) is 0 Å². The van der Waals surface area contributed by atoms with Gasteiger partial charge in [-0.2, -0.15) is 0 Å². The molecule has 0 spiro atoms. The maximum absolute atomic E-state index is 6.08. The molecular weight excluding hydrogens is 452 g/mol. The summed E-state index contributed by atoms with van der Waals surface area (Å²) in [4.78, 5) is 4.58. The minimum absolute atomic E-state index is 0.593. The molecule has 0 atom stereocenters. The van der Waals surface area contributed by atoms with Gasteiger partial charge in [0.25, 0.3) is 0 Å². The van der Waals surface area contributed by atoms with Crippen molar-refractivity contribution in [3.8, 4) is 28.3 Å². The summed E-state index contributed by atoms with van der Waals surface area (Å²) in [6.45, 7) is 0. The third-order valence-corrected chi connectivity index (χ3v) is 6.76. The molecule has 0 radical (unpaired) electrons. The Balaban J connectivity index is 1.24. The predicted octanol–water partition coefficient (Wildman–Crippen LogP) is 8.91. The molecule has 0 fully saturated rings. The van der Waals surface area contributed by atoms with Gasteiger partial charge in [0.1, 0.15) is 5.52 Å². The molecule has 166 valence electrons. The lowest BCUT2D eigenvalue weighted by atomic mass is 10.0. The molecule has 0 aliphatic rings. The van der Waals surface area contributed by atoms with Crippen molar-refractivity contribution in [2.75, 3.05) is 0 Å². The Labute approximate surface area is 206 Å². The van der Waals surface area contributed by atoms with Crippen LogP contribution >= 0.6 is 11.6 Å². The topological polar surface area (TPSA) is 31.0 Å². The van der Waals surface area contributed by atoms with E-state index in [1.165, 1.54) is 21.8 Å². The zero-order valence-electron chi connectivity index (χ0n) is 18.7. The quantitative estimate of drug-likeness (QED) is 0.258. The summed E-state index contributed by atoms with van der Waals surface area (Å²) < 4.78 is 8.24. The van der Waals surface area contributed by atoms with Crippen molar-refractivity contribution in [1.82, 2.24) is 9.55 Å². The number of para-hydroxylation sites is 2. The summed E-state index contributed by atoms with van der Waals surface area (Å²) in [5.41, 5.74) is 8.30. The minimum atomic E-state index is 0.593. The SMILES string of the molecule is Clc1ccc2oc(-c3ccc(-c4ccc(-n5c6ccccc6c6ccccc65)cc4)cc3)nc2c1. The maximum atomic E-state index is 6.08. The molecule has 4 heteroatoms. The fraction of sp³-hybridized carbons (Fsp3) is 0. The molecule has 0 saturated carbocycles. The van der Waals surface area contributed by atoms with Crippen molar-refractivity contribution in [3.63, 3.8) is 0 Å². The molecule has 0 unspecified atom stereocenters. The van der Waals surface area contributed by atoms with Crippen LogP contribution in [-0.2, 0) is 0 Å². The number of nitrogens with zero attached hydrogens (tertiary/aromatic N) is 2. The lowest BCUT2D eigenvalue weighted by molar-refractivity contribution is 0.620. The van der Waals surface area contributed by atoms with Crippen LogP contribution in [-0.4, -0.2) is 9.55 Å². The van der Waals surface area contributed by atoms with Gasteiger partial charge in [0.2, 0.25) is 5.89 Å². The standard InChI is InChI=1S/C31H19ClN2O/c32-23-15-18-30-27(19-23)33-31(35-30)22-11-9-20(10-12-22)21-13-16-24(17-14-21)34-28-7-3-1-5-25(28)26-6-2-4-8-29(26)34/h1-19H. The second kappa shape index (κ2) is 7.86. The molecule has 0 amide bonds. The molecule has 0 bridgehead atoms. The van der Waals surface area contributed by atoms with Gasteiger partial charge in [-0.1, -0.05) is 72.3 Å². The zero-order valence-corrected chi connectivity index (χ0v) is 19.4. The fourth-order valence-corrected chi connectivity index (χ4v) is 5.00. The van der Waals surface area contributed by atoms with Crippen LogP contribution in [0, 0.1) is 0 Å². The summed E-state index contributed by atoms with van der Waals surface area (Å²) in [6, 6.07) is 39.6. The van der Waals surface area contributed by atoms with E-state index >= 15 is 0 Å². The first-order valence-corrected chi connectivity index (χ1v) is 11.9. The van der Waals surface area contributed by atoms with E-state index in [4.69, 9.17) is 16.0 Å². The van der Waals surface area contributed by atoms with Crippen LogP contribution in [0.3, 0.4) is 0 Å². The van der Waals surface area contributed by atoms with Crippen LogP contribution in [0.1, 0.15) is 0 Å². The second-order valence-corrected chi connectivity index (χ2v) is 9.06. The van der Waals surface area contributed by atoms with E-state index in [2.05, 4.69) is 94.5 Å². The van der Waals surface area contributed by atoms with Crippen LogP contribution in [0.5, 0.6) is 0 Å². The highest BCUT2D eigenvalue weighted by Gasteiger charge is 2.12. The van der Waals surface area contributed by atoms with E-state index in [0.29, 0.717) is 10.9 Å². The summed E-state index contributed by atoms with van der Waals surface area (Å²) >= 11 is 6.08. The maximum Gasteiger partial charge on any atom is 0.227 e. The Morgan fingerprint density at radius 1 is 0.600 bits per heavy atom. The van der Waals surface area contributed by atoms with Gasteiger partial charge < -0.3 is 8.98 Å². The monoisotopic (exact) mass is 470 g/mol. The Bertz CT molecular complexity index is 1790. The van der Waals surface area contributed by atoms with E-state index in [1.807, 2.05) is 30.3 Å². The minimum Gasteiger partial charge on any atom is -0.436 e. The lowest BCUT2D eigenvalue weighted by Gasteiger charge is -2.09. The average Bonchev–Trinajstić information content (AvgIpc) is 3.48. The fourth-order valence-electron chi connectivity index (χ4n) is 4.83. The van der Waals surface area contributed by atoms with Gasteiger partial charge in [-0.25, -0.2) is 4.98 Å². The largest absolute Gasteiger partial charge is 0.436 e. The van der Waals surface area contributed by atoms with E-state index in [-0.39, 0.29) is 0 Å². The first-order chi connectivity index (χ1) is 17.2. The Morgan fingerprint density at radius 2 is 1.17 bits per heavy atom. The van der Waals surface area contributed by atoms with Crippen LogP contribution in [0.4, 0.5) is 0 Å². The first kappa shape index (κ1) is 20.1. The van der Waals surface area contributed by atoms with E-state index in [0.717, 1.165) is 33.5 Å². The van der Waals surface area contributed by atoms with Gasteiger partial charge in [0.15, 0.2) is 5.58 Å². The number of hydrogen-bond donors (Lipinski definition) is 0. The lowest BCUT2D eigenvalue weighted by Crippen LogP contribution is -1.93. The van der Waals surface area contributed by atoms with Gasteiger partial charge >= 0.3 is 0 Å². The molecule has 7 aromatic rings. The smallest absolute Gasteiger partial charge is 0.227 e. The third-order valence-electron chi connectivity index (χ3n) is 6.52. The van der Waals surface area contributed by atoms with Crippen LogP contribution in [0.2, 0.25) is 5.02 Å². The predicted molar refractivity (Wildman–Crippen MR) is 144 cm³/mol. The summed E-state index contributed by atoms with van der Waals surface area (Å²) in [5, 5.41) is 3.19. The highest BCUT2D eigenvalue weighted by atomic mass is 35.5. The number of benzene rings is 5. The van der Waals surface area contributed by atoms with Crippen LogP contribution < -0.4 is 0 Å². The molecule has 0 N–H and O–H groups in total. The number of halogens is 1. The van der Waals surface area contributed by atoms with E-state index in [9.17, 15) is 0 Å². The van der Waals surface area contributed by atoms with E-state index < -0.39 is 0 Å². The van der Waals surface area contributed by atoms with Gasteiger partial charge in [-0.15, -0.1) is 0 Å². The summed E-state index contributed by atoms with van der Waals surface area (Å²) in [5.74, 6) is 0.593. The Kier molecular flexibility index (Phi) is 4.51. The molecule has 0 aliphatic carbocycles. The van der Waals surface area contributed by atoms with E-state index in [1.54, 1.807) is 0 Å². The Morgan fingerprint density at radius 3 is 1.83 bits per heavy atom.